The molecule has 0 amide bonds. The normalized spacial score (nSPS) is 10.4. The molecule has 0 aromatic carbocycles. The monoisotopic (exact) mass is 222 g/mol. The first-order chi connectivity index (χ1) is 3.73. The van der Waals surface area contributed by atoms with Gasteiger partial charge in [0.05, 0.1) is 0 Å². The van der Waals surface area contributed by atoms with Gasteiger partial charge in [-0.2, -0.15) is 0 Å². The number of halogens is 3. The van der Waals surface area contributed by atoms with Crippen LogP contribution in [-0.4, -0.2) is 33.5 Å². The van der Waals surface area contributed by atoms with E-state index >= 15 is 0 Å². The number of hydrogen-bond acceptors (Lipinski definition) is 1. The predicted molar refractivity (Wildman–Crippen MR) is 24.7 cm³/mol. The molecule has 0 atom stereocenters. The SMILES string of the molecule is O=P(O)(O)O.[F][Co]([F])[F].[LiH]. The Balaban J connectivity index is -0.0000000910. The average molecular weight is 222 g/mol. The van der Waals surface area contributed by atoms with Gasteiger partial charge in [-0.1, -0.05) is 0 Å². The Labute approximate surface area is 72.0 Å². The van der Waals surface area contributed by atoms with Gasteiger partial charge in [-0.3, -0.25) is 0 Å². The minimum atomic E-state index is -4.64. The zero-order valence-corrected chi connectivity index (χ0v) is 5.60. The Morgan fingerprint density at radius 2 is 1.10 bits per heavy atom. The summed E-state index contributed by atoms with van der Waals surface area (Å²) in [7, 11) is -4.64. The molecule has 0 aliphatic carbocycles. The summed E-state index contributed by atoms with van der Waals surface area (Å²) in [5.41, 5.74) is 0. The Hall–Kier alpha value is 1.00. The van der Waals surface area contributed by atoms with E-state index in [1.54, 1.807) is 0 Å². The number of rotatable bonds is 0. The van der Waals surface area contributed by atoms with Crippen molar-refractivity contribution in [2.75, 3.05) is 0 Å². The van der Waals surface area contributed by atoms with E-state index in [0.717, 1.165) is 0 Å². The molecule has 0 saturated heterocycles. The van der Waals surface area contributed by atoms with Crippen LogP contribution in [0.2, 0.25) is 0 Å². The molecule has 4 nitrogen and oxygen atoms in total. The van der Waals surface area contributed by atoms with Gasteiger partial charge in [-0.05, 0) is 0 Å². The Morgan fingerprint density at radius 3 is 1.10 bits per heavy atom. The molecule has 0 radical (unpaired) electrons. The van der Waals surface area contributed by atoms with E-state index in [1.165, 1.54) is 0 Å². The Kier molecular flexibility index (Phi) is 13.9. The molecule has 3 N–H and O–H groups in total. The van der Waals surface area contributed by atoms with Crippen LogP contribution in [0.5, 0.6) is 0 Å². The van der Waals surface area contributed by atoms with Crippen LogP contribution in [0.1, 0.15) is 0 Å². The predicted octanol–water partition coefficient (Wildman–Crippen LogP) is -0.319. The van der Waals surface area contributed by atoms with Crippen molar-refractivity contribution >= 4 is 26.7 Å². The van der Waals surface area contributed by atoms with Crippen LogP contribution in [-0.2, 0) is 19.6 Å². The van der Waals surface area contributed by atoms with Crippen LogP contribution in [0.4, 0.5) is 10.7 Å². The standard InChI is InChI=1S/Co.3FH.Li.H3O4P.H/c;;;;;1-5(2,3)4;/h;3*1H;;(H3,1,2,3,4);/q+3;;;;;;/p-3. The topological polar surface area (TPSA) is 77.8 Å². The summed E-state index contributed by atoms with van der Waals surface area (Å²) in [6, 6.07) is 0. The zero-order chi connectivity index (χ0) is 8.08. The summed E-state index contributed by atoms with van der Waals surface area (Å²) in [4.78, 5) is 21.6. The molecule has 0 unspecified atom stereocenters. The average Bonchev–Trinajstić information content (AvgIpc) is 1.19. The van der Waals surface area contributed by atoms with Gasteiger partial charge < -0.3 is 14.7 Å². The molecule has 10 heavy (non-hydrogen) atoms. The maximum atomic E-state index is 9.73. The number of phosphoric acid groups is 1. The summed E-state index contributed by atoms with van der Waals surface area (Å²) >= 11 is -4.10. The molecular weight excluding hydrogens is 218 g/mol. The van der Waals surface area contributed by atoms with Crippen molar-refractivity contribution < 1.29 is 45.0 Å². The van der Waals surface area contributed by atoms with Gasteiger partial charge in [0.2, 0.25) is 0 Å². The molecule has 0 heterocycles. The molecular formula is H4CoF3LiO4P. The molecule has 0 aromatic heterocycles. The molecule has 0 aliphatic heterocycles. The quantitative estimate of drug-likeness (QED) is 0.387. The van der Waals surface area contributed by atoms with Crippen molar-refractivity contribution in [1.82, 2.24) is 0 Å². The fraction of sp³-hybridized carbons (Fsp3) is 0. The van der Waals surface area contributed by atoms with E-state index in [-0.39, 0.29) is 18.9 Å². The first-order valence-electron chi connectivity index (χ1n) is 1.16. The third kappa shape index (κ3) is 572. The van der Waals surface area contributed by atoms with Crippen LogP contribution in [0.15, 0.2) is 0 Å². The second-order valence-corrected chi connectivity index (χ2v) is 2.13. The van der Waals surface area contributed by atoms with Gasteiger partial charge in [0.15, 0.2) is 0 Å². The Morgan fingerprint density at radius 1 is 1.10 bits per heavy atom. The summed E-state index contributed by atoms with van der Waals surface area (Å²) < 4.78 is 38.1. The van der Waals surface area contributed by atoms with Gasteiger partial charge >= 0.3 is 52.4 Å². The molecule has 64 valence electrons. The minimum absolute atomic E-state index is 0. The number of hydrogen-bond donors (Lipinski definition) is 3. The van der Waals surface area contributed by atoms with Crippen LogP contribution in [0.3, 0.4) is 0 Å². The van der Waals surface area contributed by atoms with Crippen molar-refractivity contribution in [3.05, 3.63) is 0 Å². The van der Waals surface area contributed by atoms with E-state index in [9.17, 15) is 10.7 Å². The van der Waals surface area contributed by atoms with Gasteiger partial charge in [-0.25, -0.2) is 4.57 Å². The fourth-order valence-corrected chi connectivity index (χ4v) is 0. The molecule has 0 rings (SSSR count). The van der Waals surface area contributed by atoms with Crippen LogP contribution in [0.25, 0.3) is 0 Å². The fourth-order valence-electron chi connectivity index (χ4n) is 0. The summed E-state index contributed by atoms with van der Waals surface area (Å²) in [6.45, 7) is 0. The Bertz CT molecular complexity index is 91.7. The van der Waals surface area contributed by atoms with Crippen LogP contribution < -0.4 is 0 Å². The first kappa shape index (κ1) is 17.2. The molecule has 0 bridgehead atoms. The van der Waals surface area contributed by atoms with E-state index in [0.29, 0.717) is 0 Å². The maximum absolute atomic E-state index is 9.73. The second-order valence-electron chi connectivity index (χ2n) is 0.656. The van der Waals surface area contributed by atoms with E-state index in [4.69, 9.17) is 19.2 Å². The van der Waals surface area contributed by atoms with Crippen molar-refractivity contribution in [2.45, 2.75) is 0 Å². The molecule has 10 heteroatoms. The van der Waals surface area contributed by atoms with Crippen molar-refractivity contribution in [3.63, 3.8) is 0 Å². The first-order valence-corrected chi connectivity index (χ1v) is 3.91. The second kappa shape index (κ2) is 8.10. The van der Waals surface area contributed by atoms with E-state index in [2.05, 4.69) is 0 Å². The van der Waals surface area contributed by atoms with Gasteiger partial charge in [0, 0.05) is 0 Å². The summed E-state index contributed by atoms with van der Waals surface area (Å²) in [5, 5.41) is 0. The molecule has 0 aliphatic rings. The molecule has 0 fully saturated rings. The molecule has 0 aromatic rings. The third-order valence-corrected chi connectivity index (χ3v) is 0. The van der Waals surface area contributed by atoms with Crippen molar-refractivity contribution in [1.29, 1.82) is 0 Å². The van der Waals surface area contributed by atoms with Gasteiger partial charge in [0.1, 0.15) is 0 Å². The molecule has 0 saturated carbocycles. The van der Waals surface area contributed by atoms with E-state index in [1.807, 2.05) is 0 Å². The summed E-state index contributed by atoms with van der Waals surface area (Å²) in [6.07, 6.45) is 0. The van der Waals surface area contributed by atoms with Crippen molar-refractivity contribution in [2.24, 2.45) is 0 Å². The molecule has 0 spiro atoms. The van der Waals surface area contributed by atoms with E-state index < -0.39 is 22.8 Å². The van der Waals surface area contributed by atoms with Crippen LogP contribution >= 0.6 is 7.82 Å². The van der Waals surface area contributed by atoms with Crippen LogP contribution in [0, 0.1) is 0 Å². The summed E-state index contributed by atoms with van der Waals surface area (Å²) in [5.74, 6) is 0. The van der Waals surface area contributed by atoms with Crippen molar-refractivity contribution in [3.8, 4) is 0 Å². The van der Waals surface area contributed by atoms with Gasteiger partial charge in [-0.15, -0.1) is 0 Å². The zero-order valence-electron chi connectivity index (χ0n) is 3.66. The van der Waals surface area contributed by atoms with Gasteiger partial charge in [0.25, 0.3) is 0 Å². The third-order valence-electron chi connectivity index (χ3n) is 0.